The highest BCUT2D eigenvalue weighted by Gasteiger charge is 2.34. The molecule has 22 heavy (non-hydrogen) atoms. The van der Waals surface area contributed by atoms with E-state index in [1.54, 1.807) is 49.4 Å². The molecular formula is C9H11F3OS9. The van der Waals surface area contributed by atoms with Gasteiger partial charge in [0.1, 0.15) is 4.88 Å². The van der Waals surface area contributed by atoms with Gasteiger partial charge in [-0.15, -0.1) is 11.3 Å². The third kappa shape index (κ3) is 9.49. The van der Waals surface area contributed by atoms with E-state index >= 15 is 0 Å². The normalized spacial score (nSPS) is 10.8. The molecule has 0 aromatic carbocycles. The highest BCUT2D eigenvalue weighted by atomic mass is 33.4. The van der Waals surface area contributed by atoms with E-state index in [1.807, 2.05) is 0 Å². The number of alkyl halides is 3. The predicted octanol–water partition coefficient (Wildman–Crippen LogP) is 3.02. The SMILES string of the molecule is CC(C)(CO)c1ccc(C(F)(F)F)s1.S=S=S=S=S=S=S=S. The van der Waals surface area contributed by atoms with Crippen molar-refractivity contribution in [1.29, 1.82) is 0 Å². The fourth-order valence-corrected chi connectivity index (χ4v) is 12.9. The molecule has 1 N–H and O–H groups in total. The van der Waals surface area contributed by atoms with Crippen LogP contribution in [0.5, 0.6) is 0 Å². The minimum atomic E-state index is -4.28. The molecule has 0 radical (unpaired) electrons. The van der Waals surface area contributed by atoms with Crippen molar-refractivity contribution in [2.75, 3.05) is 6.61 Å². The summed E-state index contributed by atoms with van der Waals surface area (Å²) in [6, 6.07) is 2.47. The molecule has 0 unspecified atom stereocenters. The first kappa shape index (κ1) is 23.2. The summed E-state index contributed by atoms with van der Waals surface area (Å²) in [7, 11) is 9.12. The summed E-state index contributed by atoms with van der Waals surface area (Å²) >= 11 is 9.90. The van der Waals surface area contributed by atoms with Crippen LogP contribution in [-0.4, -0.2) is 11.7 Å². The third-order valence-corrected chi connectivity index (χ3v) is 14.7. The Kier molecular flexibility index (Phi) is 12.4. The zero-order chi connectivity index (χ0) is 17.2. The van der Waals surface area contributed by atoms with Crippen molar-refractivity contribution in [3.63, 3.8) is 0 Å². The topological polar surface area (TPSA) is 20.2 Å². The molecule has 1 heterocycles. The average molecular weight is 481 g/mol. The molecule has 1 aromatic heterocycles. The van der Waals surface area contributed by atoms with Gasteiger partial charge in [-0.1, -0.05) is 13.8 Å². The van der Waals surface area contributed by atoms with E-state index in [-0.39, 0.29) is 6.61 Å². The molecule has 0 saturated heterocycles. The van der Waals surface area contributed by atoms with Gasteiger partial charge in [-0.05, 0) is 12.1 Å². The van der Waals surface area contributed by atoms with Gasteiger partial charge < -0.3 is 5.11 Å². The molecule has 0 amide bonds. The second kappa shape index (κ2) is 11.7. The van der Waals surface area contributed by atoms with Gasteiger partial charge in [0.05, 0.1) is 6.61 Å². The van der Waals surface area contributed by atoms with Crippen LogP contribution >= 0.6 is 11.3 Å². The summed E-state index contributed by atoms with van der Waals surface area (Å²) in [5, 5.41) is 8.98. The second-order valence-electron chi connectivity index (χ2n) is 4.11. The summed E-state index contributed by atoms with van der Waals surface area (Å²) in [5.74, 6) is 0. The first-order valence-electron chi connectivity index (χ1n) is 5.22. The Morgan fingerprint density at radius 3 is 1.77 bits per heavy atom. The van der Waals surface area contributed by atoms with E-state index < -0.39 is 16.5 Å². The summed E-state index contributed by atoms with van der Waals surface area (Å²) in [5.41, 5.74) is -0.603. The maximum absolute atomic E-state index is 12.2. The van der Waals surface area contributed by atoms with Gasteiger partial charge in [0.2, 0.25) is 0 Å². The number of aliphatic hydroxyl groups is 1. The van der Waals surface area contributed by atoms with Crippen LogP contribution in [0.1, 0.15) is 23.6 Å². The van der Waals surface area contributed by atoms with Gasteiger partial charge in [-0.3, -0.25) is 0 Å². The number of aliphatic hydroxyl groups excluding tert-OH is 1. The van der Waals surface area contributed by atoms with Crippen LogP contribution in [0.25, 0.3) is 0 Å². The minimum absolute atomic E-state index is 0.162. The molecule has 0 aliphatic heterocycles. The lowest BCUT2D eigenvalue weighted by Crippen LogP contribution is -2.20. The van der Waals surface area contributed by atoms with Crippen LogP contribution in [0.15, 0.2) is 12.1 Å². The van der Waals surface area contributed by atoms with E-state index in [1.165, 1.54) is 23.8 Å². The molecule has 0 fully saturated rings. The molecular weight excluding hydrogens is 470 g/mol. The Morgan fingerprint density at radius 1 is 1.00 bits per heavy atom. The molecule has 0 atom stereocenters. The Hall–Kier alpha value is 1.21. The van der Waals surface area contributed by atoms with Crippen molar-refractivity contribution >= 4 is 87.0 Å². The van der Waals surface area contributed by atoms with Crippen LogP contribution in [0.3, 0.4) is 0 Å². The molecule has 0 aliphatic carbocycles. The van der Waals surface area contributed by atoms with Crippen LogP contribution in [0.2, 0.25) is 0 Å². The van der Waals surface area contributed by atoms with Crippen molar-refractivity contribution in [3.8, 4) is 0 Å². The van der Waals surface area contributed by atoms with E-state index in [0.717, 1.165) is 6.07 Å². The molecule has 0 bridgehead atoms. The minimum Gasteiger partial charge on any atom is -0.395 e. The summed E-state index contributed by atoms with van der Waals surface area (Å²) < 4.78 is 36.7. The van der Waals surface area contributed by atoms with Crippen molar-refractivity contribution < 1.29 is 18.3 Å². The van der Waals surface area contributed by atoms with E-state index in [2.05, 4.69) is 22.4 Å². The number of hydrogen-bond donors (Lipinski definition) is 1. The lowest BCUT2D eigenvalue weighted by atomic mass is 9.93. The average Bonchev–Trinajstić information content (AvgIpc) is 2.95. The van der Waals surface area contributed by atoms with Crippen molar-refractivity contribution in [2.24, 2.45) is 0 Å². The zero-order valence-electron chi connectivity index (χ0n) is 11.1. The number of halogens is 3. The molecule has 0 spiro atoms. The lowest BCUT2D eigenvalue weighted by molar-refractivity contribution is -0.134. The largest absolute Gasteiger partial charge is 0.425 e. The molecule has 1 aromatic rings. The predicted molar refractivity (Wildman–Crippen MR) is 108 cm³/mol. The van der Waals surface area contributed by atoms with Gasteiger partial charge >= 0.3 is 6.18 Å². The summed E-state index contributed by atoms with van der Waals surface area (Å²) in [6.07, 6.45) is -4.28. The molecule has 1 rings (SSSR count). The maximum Gasteiger partial charge on any atom is 0.425 e. The van der Waals surface area contributed by atoms with Gasteiger partial charge in [0.25, 0.3) is 0 Å². The molecule has 13 heteroatoms. The maximum atomic E-state index is 12.2. The van der Waals surface area contributed by atoms with Crippen molar-refractivity contribution in [1.82, 2.24) is 0 Å². The van der Waals surface area contributed by atoms with Crippen LogP contribution in [-0.2, 0) is 87.3 Å². The van der Waals surface area contributed by atoms with E-state index in [4.69, 9.17) is 5.11 Å². The fourth-order valence-electron chi connectivity index (χ4n) is 0.977. The van der Waals surface area contributed by atoms with Gasteiger partial charge in [0.15, 0.2) is 0 Å². The Balaban J connectivity index is 0.000000472. The Morgan fingerprint density at radius 2 is 1.45 bits per heavy atom. The Bertz CT molecular complexity index is 686. The van der Waals surface area contributed by atoms with Crippen molar-refractivity contribution in [3.05, 3.63) is 21.9 Å². The van der Waals surface area contributed by atoms with Crippen LogP contribution in [0.4, 0.5) is 13.2 Å². The monoisotopic (exact) mass is 480 g/mol. The Labute approximate surface area is 157 Å². The molecule has 128 valence electrons. The van der Waals surface area contributed by atoms with Gasteiger partial charge in [0, 0.05) is 86.0 Å². The van der Waals surface area contributed by atoms with E-state index in [0.29, 0.717) is 16.2 Å². The highest BCUT2D eigenvalue weighted by molar-refractivity contribution is 8.70. The third-order valence-electron chi connectivity index (χ3n) is 2.09. The van der Waals surface area contributed by atoms with Crippen LogP contribution in [0, 0.1) is 0 Å². The standard InChI is InChI=1S/C9H11F3OS.S8/c1-8(2,5-13)6-3-4-7(14-6)9(10,11)12;1-3-5-7-8-6-4-2/h3-4,13H,5H2,1-2H3;. The summed E-state index contributed by atoms with van der Waals surface area (Å²) in [4.78, 5) is -0.0682. The summed E-state index contributed by atoms with van der Waals surface area (Å²) in [6.45, 7) is 3.25. The highest BCUT2D eigenvalue weighted by Crippen LogP contribution is 2.38. The second-order valence-corrected chi connectivity index (χ2v) is 15.8. The molecule has 1 nitrogen and oxygen atoms in total. The molecule has 0 saturated carbocycles. The quantitative estimate of drug-likeness (QED) is 0.703. The number of rotatable bonds is 2. The van der Waals surface area contributed by atoms with Gasteiger partial charge in [-0.2, -0.15) is 13.2 Å². The first-order valence-corrected chi connectivity index (χ1v) is 15.4. The van der Waals surface area contributed by atoms with Crippen molar-refractivity contribution in [2.45, 2.75) is 25.4 Å². The first-order chi connectivity index (χ1) is 10.2. The number of hydrogen-bond acceptors (Lipinski definition) is 4. The number of thiophene rings is 1. The smallest absolute Gasteiger partial charge is 0.395 e. The van der Waals surface area contributed by atoms with E-state index in [9.17, 15) is 13.2 Å². The fraction of sp³-hybridized carbons (Fsp3) is 0.556. The van der Waals surface area contributed by atoms with Gasteiger partial charge in [-0.25, -0.2) is 0 Å². The lowest BCUT2D eigenvalue weighted by Gasteiger charge is -2.19. The van der Waals surface area contributed by atoms with Crippen LogP contribution < -0.4 is 0 Å². The molecule has 0 aliphatic rings. The zero-order valence-corrected chi connectivity index (χ0v) is 18.5.